The summed E-state index contributed by atoms with van der Waals surface area (Å²) in [5.41, 5.74) is 1.76. The number of anilines is 2. The number of hydrogen-bond acceptors (Lipinski definition) is 5. The molecule has 0 unspecified atom stereocenters. The molecular weight excluding hydrogens is 546 g/mol. The molecule has 0 aliphatic rings. The number of rotatable bonds is 10. The first-order valence-electron chi connectivity index (χ1n) is 10.9. The van der Waals surface area contributed by atoms with Gasteiger partial charge in [0.1, 0.15) is 12.3 Å². The Morgan fingerprint density at radius 1 is 1.08 bits per heavy atom. The Morgan fingerprint density at radius 2 is 1.78 bits per heavy atom. The lowest BCUT2D eigenvalue weighted by Gasteiger charge is -2.25. The Hall–Kier alpha value is -3.63. The molecule has 0 atom stereocenters. The fourth-order valence-corrected chi connectivity index (χ4v) is 5.47. The van der Waals surface area contributed by atoms with Gasteiger partial charge in [-0.05, 0) is 65.3 Å². The van der Waals surface area contributed by atoms with Crippen molar-refractivity contribution in [2.45, 2.75) is 11.8 Å². The van der Waals surface area contributed by atoms with E-state index in [-0.39, 0.29) is 22.7 Å². The minimum atomic E-state index is -4.14. The van der Waals surface area contributed by atoms with E-state index in [1.807, 2.05) is 6.92 Å². The fourth-order valence-electron chi connectivity index (χ4n) is 3.33. The van der Waals surface area contributed by atoms with Crippen molar-refractivity contribution in [1.82, 2.24) is 5.32 Å². The second kappa shape index (κ2) is 11.9. The molecule has 0 heterocycles. The van der Waals surface area contributed by atoms with Crippen molar-refractivity contribution < 1.29 is 22.7 Å². The molecular formula is C26H26BrN3O5S. The zero-order chi connectivity index (χ0) is 26.3. The van der Waals surface area contributed by atoms with E-state index in [9.17, 15) is 18.0 Å². The predicted molar refractivity (Wildman–Crippen MR) is 144 cm³/mol. The Bertz CT molecular complexity index is 1370. The molecule has 8 nitrogen and oxygen atoms in total. The van der Waals surface area contributed by atoms with E-state index in [1.165, 1.54) is 25.3 Å². The highest BCUT2D eigenvalue weighted by molar-refractivity contribution is 9.10. The smallest absolute Gasteiger partial charge is 0.264 e. The topological polar surface area (TPSA) is 105 Å². The van der Waals surface area contributed by atoms with Crippen LogP contribution in [0, 0.1) is 6.92 Å². The largest absolute Gasteiger partial charge is 0.496 e. The molecule has 188 valence electrons. The first-order valence-corrected chi connectivity index (χ1v) is 13.1. The van der Waals surface area contributed by atoms with E-state index in [1.54, 1.807) is 54.6 Å². The predicted octanol–water partition coefficient (Wildman–Crippen LogP) is 4.52. The van der Waals surface area contributed by atoms with Crippen molar-refractivity contribution in [3.63, 3.8) is 0 Å². The highest BCUT2D eigenvalue weighted by Gasteiger charge is 2.28. The number of carbonyl (C=O) groups excluding carboxylic acids is 2. The van der Waals surface area contributed by atoms with Gasteiger partial charge in [-0.3, -0.25) is 13.9 Å². The van der Waals surface area contributed by atoms with Gasteiger partial charge in [-0.2, -0.15) is 0 Å². The van der Waals surface area contributed by atoms with Gasteiger partial charge in [0.25, 0.3) is 15.9 Å². The molecule has 3 aromatic carbocycles. The third-order valence-corrected chi connectivity index (χ3v) is 7.56. The molecule has 0 aliphatic heterocycles. The quantitative estimate of drug-likeness (QED) is 0.348. The van der Waals surface area contributed by atoms with Crippen LogP contribution in [0.3, 0.4) is 0 Å². The molecule has 2 N–H and O–H groups in total. The molecule has 3 aromatic rings. The maximum Gasteiger partial charge on any atom is 0.264 e. The average molecular weight is 572 g/mol. The van der Waals surface area contributed by atoms with Gasteiger partial charge in [0.15, 0.2) is 0 Å². The summed E-state index contributed by atoms with van der Waals surface area (Å²) < 4.78 is 34.0. The zero-order valence-corrected chi connectivity index (χ0v) is 22.2. The first kappa shape index (κ1) is 27.0. The third kappa shape index (κ3) is 6.32. The van der Waals surface area contributed by atoms with Gasteiger partial charge in [-0.25, -0.2) is 8.42 Å². The summed E-state index contributed by atoms with van der Waals surface area (Å²) in [6.45, 7) is 5.20. The number of para-hydroxylation sites is 1. The molecule has 36 heavy (non-hydrogen) atoms. The van der Waals surface area contributed by atoms with Crippen molar-refractivity contribution >= 4 is 49.1 Å². The molecule has 0 saturated heterocycles. The van der Waals surface area contributed by atoms with Crippen molar-refractivity contribution in [3.05, 3.63) is 95.0 Å². The SMILES string of the molecule is C=CCNC(=O)c1ccccc1NC(=O)CN(c1ccc(C)cc1)S(=O)(=O)c1ccc(OC)c(Br)c1. The van der Waals surface area contributed by atoms with Crippen LogP contribution in [0.2, 0.25) is 0 Å². The van der Waals surface area contributed by atoms with Crippen LogP contribution in [0.15, 0.2) is 88.8 Å². The summed E-state index contributed by atoms with van der Waals surface area (Å²) in [7, 11) is -2.66. The van der Waals surface area contributed by atoms with Gasteiger partial charge >= 0.3 is 0 Å². The van der Waals surface area contributed by atoms with Crippen molar-refractivity contribution in [2.24, 2.45) is 0 Å². The molecule has 10 heteroatoms. The third-order valence-electron chi connectivity index (χ3n) is 5.17. The number of ether oxygens (including phenoxy) is 1. The van der Waals surface area contributed by atoms with Crippen LogP contribution < -0.4 is 19.7 Å². The van der Waals surface area contributed by atoms with Gasteiger partial charge in [0.05, 0.1) is 33.4 Å². The second-order valence-corrected chi connectivity index (χ2v) is 10.5. The van der Waals surface area contributed by atoms with Crippen LogP contribution in [-0.4, -0.2) is 40.4 Å². The van der Waals surface area contributed by atoms with E-state index in [4.69, 9.17) is 4.74 Å². The van der Waals surface area contributed by atoms with E-state index in [2.05, 4.69) is 33.1 Å². The number of sulfonamides is 1. The molecule has 0 aromatic heterocycles. The standard InChI is InChI=1S/C26H26BrN3O5S/c1-4-15-28-26(32)21-7-5-6-8-23(21)29-25(31)17-30(19-11-9-18(2)10-12-19)36(33,34)20-13-14-24(35-3)22(27)16-20/h4-14,16H,1,15,17H2,2-3H3,(H,28,32)(H,29,31). The van der Waals surface area contributed by atoms with E-state index >= 15 is 0 Å². The second-order valence-electron chi connectivity index (χ2n) is 7.74. The molecule has 3 rings (SSSR count). The Labute approximate surface area is 219 Å². The van der Waals surface area contributed by atoms with Crippen LogP contribution in [0.1, 0.15) is 15.9 Å². The minimum Gasteiger partial charge on any atom is -0.496 e. The monoisotopic (exact) mass is 571 g/mol. The lowest BCUT2D eigenvalue weighted by molar-refractivity contribution is -0.114. The van der Waals surface area contributed by atoms with Crippen molar-refractivity contribution in [2.75, 3.05) is 29.8 Å². The highest BCUT2D eigenvalue weighted by Crippen LogP contribution is 2.31. The minimum absolute atomic E-state index is 0.0206. The van der Waals surface area contributed by atoms with Gasteiger partial charge in [0.2, 0.25) is 5.91 Å². The van der Waals surface area contributed by atoms with E-state index < -0.39 is 28.4 Å². The van der Waals surface area contributed by atoms with Crippen LogP contribution in [0.25, 0.3) is 0 Å². The summed E-state index contributed by atoms with van der Waals surface area (Å²) in [6.07, 6.45) is 1.54. The molecule has 0 aliphatic carbocycles. The number of aryl methyl sites for hydroxylation is 1. The van der Waals surface area contributed by atoms with Crippen molar-refractivity contribution in [3.8, 4) is 5.75 Å². The zero-order valence-electron chi connectivity index (χ0n) is 19.8. The summed E-state index contributed by atoms with van der Waals surface area (Å²) in [5.74, 6) is -0.535. The molecule has 0 fully saturated rings. The molecule has 0 bridgehead atoms. The summed E-state index contributed by atoms with van der Waals surface area (Å²) >= 11 is 3.32. The van der Waals surface area contributed by atoms with E-state index in [0.29, 0.717) is 15.9 Å². The first-order chi connectivity index (χ1) is 17.2. The van der Waals surface area contributed by atoms with Crippen LogP contribution in [0.5, 0.6) is 5.75 Å². The van der Waals surface area contributed by atoms with Crippen LogP contribution >= 0.6 is 15.9 Å². The van der Waals surface area contributed by atoms with Crippen LogP contribution in [-0.2, 0) is 14.8 Å². The Kier molecular flexibility index (Phi) is 8.89. The van der Waals surface area contributed by atoms with Gasteiger partial charge in [0, 0.05) is 6.54 Å². The average Bonchev–Trinajstić information content (AvgIpc) is 2.86. The number of hydrogen-bond donors (Lipinski definition) is 2. The number of methoxy groups -OCH3 is 1. The number of benzene rings is 3. The maximum absolute atomic E-state index is 13.7. The number of nitrogens with one attached hydrogen (secondary N) is 2. The summed E-state index contributed by atoms with van der Waals surface area (Å²) in [6, 6.07) is 17.6. The molecule has 0 saturated carbocycles. The Balaban J connectivity index is 1.94. The molecule has 0 spiro atoms. The van der Waals surface area contributed by atoms with Crippen molar-refractivity contribution in [1.29, 1.82) is 0 Å². The number of carbonyl (C=O) groups is 2. The lowest BCUT2D eigenvalue weighted by atomic mass is 10.1. The number of amides is 2. The number of nitrogens with zero attached hydrogens (tertiary/aromatic N) is 1. The highest BCUT2D eigenvalue weighted by atomic mass is 79.9. The van der Waals surface area contributed by atoms with Gasteiger partial charge in [-0.1, -0.05) is 35.9 Å². The maximum atomic E-state index is 13.7. The summed E-state index contributed by atoms with van der Waals surface area (Å²) in [5, 5.41) is 5.34. The fraction of sp³-hybridized carbons (Fsp3) is 0.154. The Morgan fingerprint density at radius 3 is 2.42 bits per heavy atom. The summed E-state index contributed by atoms with van der Waals surface area (Å²) in [4.78, 5) is 25.6. The number of halogens is 1. The van der Waals surface area contributed by atoms with Crippen LogP contribution in [0.4, 0.5) is 11.4 Å². The van der Waals surface area contributed by atoms with Gasteiger partial charge < -0.3 is 15.4 Å². The van der Waals surface area contributed by atoms with Gasteiger partial charge in [-0.15, -0.1) is 6.58 Å². The molecule has 2 amide bonds. The lowest BCUT2D eigenvalue weighted by Crippen LogP contribution is -2.38. The van der Waals surface area contributed by atoms with E-state index in [0.717, 1.165) is 9.87 Å². The normalized spacial score (nSPS) is 10.9. The molecule has 0 radical (unpaired) electrons.